The van der Waals surface area contributed by atoms with E-state index in [0.717, 1.165) is 50.8 Å². The fourth-order valence-corrected chi connectivity index (χ4v) is 3.07. The number of hydrogen-bond acceptors (Lipinski definition) is 3. The highest BCUT2D eigenvalue weighted by Gasteiger charge is 2.21. The molecule has 2 heterocycles. The largest absolute Gasteiger partial charge is 0.366 e. The van der Waals surface area contributed by atoms with E-state index in [-0.39, 0.29) is 5.82 Å². The third-order valence-electron chi connectivity index (χ3n) is 4.37. The van der Waals surface area contributed by atoms with Crippen LogP contribution >= 0.6 is 0 Å². The van der Waals surface area contributed by atoms with E-state index in [4.69, 9.17) is 0 Å². The molecule has 25 heavy (non-hydrogen) atoms. The first-order chi connectivity index (χ1) is 12.2. The van der Waals surface area contributed by atoms with Gasteiger partial charge in [0.1, 0.15) is 5.82 Å². The molecule has 1 aromatic carbocycles. The molecule has 0 unspecified atom stereocenters. The van der Waals surface area contributed by atoms with E-state index in [1.165, 1.54) is 6.07 Å². The lowest BCUT2D eigenvalue weighted by atomic mass is 10.2. The molecule has 0 radical (unpaired) electrons. The molecule has 1 saturated heterocycles. The predicted octanol–water partition coefficient (Wildman–Crippen LogP) is 1.73. The van der Waals surface area contributed by atoms with Gasteiger partial charge in [-0.25, -0.2) is 4.39 Å². The van der Waals surface area contributed by atoms with Crippen LogP contribution in [0.2, 0.25) is 0 Å². The minimum absolute atomic E-state index is 0.159. The summed E-state index contributed by atoms with van der Waals surface area (Å²) in [5, 5.41) is 7.67. The summed E-state index contributed by atoms with van der Waals surface area (Å²) >= 11 is 0. The van der Waals surface area contributed by atoms with Gasteiger partial charge in [0.15, 0.2) is 5.96 Å². The Balaban J connectivity index is 1.49. The first-order valence-electron chi connectivity index (χ1n) is 8.61. The predicted molar refractivity (Wildman–Crippen MR) is 98.5 cm³/mol. The molecule has 7 heteroatoms. The molecule has 0 saturated carbocycles. The van der Waals surface area contributed by atoms with Crippen molar-refractivity contribution in [1.82, 2.24) is 20.0 Å². The van der Waals surface area contributed by atoms with E-state index in [9.17, 15) is 4.39 Å². The van der Waals surface area contributed by atoms with Gasteiger partial charge < -0.3 is 15.1 Å². The smallest absolute Gasteiger partial charge is 0.193 e. The average molecular weight is 344 g/mol. The monoisotopic (exact) mass is 344 g/mol. The minimum atomic E-state index is -0.159. The highest BCUT2D eigenvalue weighted by Crippen LogP contribution is 2.20. The molecular weight excluding hydrogens is 319 g/mol. The molecule has 1 aliphatic heterocycles. The van der Waals surface area contributed by atoms with Gasteiger partial charge >= 0.3 is 0 Å². The van der Waals surface area contributed by atoms with Gasteiger partial charge in [0, 0.05) is 46.0 Å². The van der Waals surface area contributed by atoms with Crippen molar-refractivity contribution < 1.29 is 4.39 Å². The maximum absolute atomic E-state index is 13.9. The fraction of sp³-hybridized carbons (Fsp3) is 0.444. The van der Waals surface area contributed by atoms with Crippen molar-refractivity contribution in [3.63, 3.8) is 0 Å². The van der Waals surface area contributed by atoms with Crippen molar-refractivity contribution in [1.29, 1.82) is 0 Å². The van der Waals surface area contributed by atoms with Gasteiger partial charge in [-0.1, -0.05) is 12.1 Å². The Hall–Kier alpha value is -2.57. The molecule has 3 rings (SSSR count). The average Bonchev–Trinajstić information content (AvgIpc) is 3.05. The zero-order valence-electron chi connectivity index (χ0n) is 14.8. The molecule has 6 nitrogen and oxygen atoms in total. The van der Waals surface area contributed by atoms with Gasteiger partial charge in [-0.3, -0.25) is 9.67 Å². The molecular formula is C18H25FN6. The van der Waals surface area contributed by atoms with E-state index in [2.05, 4.69) is 25.2 Å². The Bertz CT molecular complexity index is 718. The number of rotatable bonds is 4. The third kappa shape index (κ3) is 4.29. The highest BCUT2D eigenvalue weighted by atomic mass is 19.1. The molecule has 1 aromatic heterocycles. The summed E-state index contributed by atoms with van der Waals surface area (Å²) in [5.74, 6) is 0.727. The van der Waals surface area contributed by atoms with Gasteiger partial charge in [0.2, 0.25) is 0 Å². The maximum atomic E-state index is 13.9. The van der Waals surface area contributed by atoms with Gasteiger partial charge in [-0.2, -0.15) is 5.10 Å². The number of para-hydroxylation sites is 1. The Morgan fingerprint density at radius 3 is 2.64 bits per heavy atom. The summed E-state index contributed by atoms with van der Waals surface area (Å²) in [6.07, 6.45) is 3.88. The molecule has 2 aromatic rings. The standard InChI is InChI=1S/C18H25FN6/c1-15-13-22-25(14-15)8-7-21-18(20-2)24-11-9-23(10-12-24)17-6-4-3-5-16(17)19/h3-6,13-14H,7-12H2,1-2H3,(H,20,21). The number of nitrogens with one attached hydrogen (secondary N) is 1. The molecule has 0 aliphatic carbocycles. The van der Waals surface area contributed by atoms with E-state index in [0.29, 0.717) is 5.69 Å². The van der Waals surface area contributed by atoms with Gasteiger partial charge in [0.25, 0.3) is 0 Å². The van der Waals surface area contributed by atoms with Crippen molar-refractivity contribution in [2.24, 2.45) is 4.99 Å². The first kappa shape index (κ1) is 17.3. The number of piperazine rings is 1. The summed E-state index contributed by atoms with van der Waals surface area (Å²) in [7, 11) is 1.80. The number of hydrogen-bond donors (Lipinski definition) is 1. The highest BCUT2D eigenvalue weighted by molar-refractivity contribution is 5.80. The van der Waals surface area contributed by atoms with Crippen LogP contribution in [0, 0.1) is 12.7 Å². The van der Waals surface area contributed by atoms with Crippen LogP contribution in [0.5, 0.6) is 0 Å². The summed E-state index contributed by atoms with van der Waals surface area (Å²) in [4.78, 5) is 8.68. The second-order valence-corrected chi connectivity index (χ2v) is 6.18. The maximum Gasteiger partial charge on any atom is 0.193 e. The number of nitrogens with zero attached hydrogens (tertiary/aromatic N) is 5. The summed E-state index contributed by atoms with van der Waals surface area (Å²) in [6, 6.07) is 6.95. The number of benzene rings is 1. The van der Waals surface area contributed by atoms with Crippen LogP contribution in [0.4, 0.5) is 10.1 Å². The molecule has 0 spiro atoms. The van der Waals surface area contributed by atoms with Crippen LogP contribution in [0.1, 0.15) is 5.56 Å². The molecule has 0 amide bonds. The van der Waals surface area contributed by atoms with E-state index < -0.39 is 0 Å². The number of guanidine groups is 1. The second-order valence-electron chi connectivity index (χ2n) is 6.18. The lowest BCUT2D eigenvalue weighted by Gasteiger charge is -2.37. The van der Waals surface area contributed by atoms with E-state index >= 15 is 0 Å². The summed E-state index contributed by atoms with van der Waals surface area (Å²) in [5.41, 5.74) is 1.84. The number of aromatic nitrogens is 2. The number of aryl methyl sites for hydroxylation is 1. The number of aliphatic imine (C=N–C) groups is 1. The van der Waals surface area contributed by atoms with Crippen molar-refractivity contribution in [2.45, 2.75) is 13.5 Å². The van der Waals surface area contributed by atoms with Crippen LogP contribution in [0.15, 0.2) is 41.7 Å². The lowest BCUT2D eigenvalue weighted by molar-refractivity contribution is 0.369. The molecule has 0 bridgehead atoms. The molecule has 134 valence electrons. The van der Waals surface area contributed by atoms with Crippen molar-refractivity contribution in [3.05, 3.63) is 48.0 Å². The summed E-state index contributed by atoms with van der Waals surface area (Å²) < 4.78 is 15.8. The van der Waals surface area contributed by atoms with Crippen LogP contribution in [-0.2, 0) is 6.54 Å². The summed E-state index contributed by atoms with van der Waals surface area (Å²) in [6.45, 7) is 6.78. The van der Waals surface area contributed by atoms with Gasteiger partial charge in [-0.15, -0.1) is 0 Å². The first-order valence-corrected chi connectivity index (χ1v) is 8.61. The van der Waals surface area contributed by atoms with Crippen molar-refractivity contribution in [2.75, 3.05) is 44.7 Å². The van der Waals surface area contributed by atoms with Crippen molar-refractivity contribution in [3.8, 4) is 0 Å². The molecule has 1 N–H and O–H groups in total. The quantitative estimate of drug-likeness (QED) is 0.678. The normalized spacial score (nSPS) is 15.6. The van der Waals surface area contributed by atoms with Crippen LogP contribution in [0.25, 0.3) is 0 Å². The topological polar surface area (TPSA) is 48.7 Å². The lowest BCUT2D eigenvalue weighted by Crippen LogP contribution is -2.53. The molecule has 1 fully saturated rings. The van der Waals surface area contributed by atoms with Crippen LogP contribution < -0.4 is 10.2 Å². The Morgan fingerprint density at radius 1 is 1.24 bits per heavy atom. The number of halogens is 1. The SMILES string of the molecule is CN=C(NCCn1cc(C)cn1)N1CCN(c2ccccc2F)CC1. The van der Waals surface area contributed by atoms with Gasteiger partial charge in [-0.05, 0) is 24.6 Å². The zero-order chi connectivity index (χ0) is 17.6. The van der Waals surface area contributed by atoms with Crippen LogP contribution in [-0.4, -0.2) is 60.4 Å². The Kier molecular flexibility index (Phi) is 5.53. The van der Waals surface area contributed by atoms with E-state index in [1.54, 1.807) is 13.1 Å². The van der Waals surface area contributed by atoms with Crippen molar-refractivity contribution >= 4 is 11.6 Å². The zero-order valence-corrected chi connectivity index (χ0v) is 14.8. The van der Waals surface area contributed by atoms with Crippen LogP contribution in [0.3, 0.4) is 0 Å². The Morgan fingerprint density at radius 2 is 2.00 bits per heavy atom. The Labute approximate surface area is 148 Å². The second kappa shape index (κ2) is 8.00. The fourth-order valence-electron chi connectivity index (χ4n) is 3.07. The third-order valence-corrected chi connectivity index (χ3v) is 4.37. The van der Waals surface area contributed by atoms with Gasteiger partial charge in [0.05, 0.1) is 18.4 Å². The minimum Gasteiger partial charge on any atom is -0.366 e. The number of anilines is 1. The van der Waals surface area contributed by atoms with E-state index in [1.807, 2.05) is 36.1 Å². The molecule has 1 aliphatic rings. The molecule has 0 atom stereocenters.